The molecule has 1 atom stereocenters. The topological polar surface area (TPSA) is 75.0 Å². The van der Waals surface area contributed by atoms with Crippen molar-refractivity contribution in [3.8, 4) is 5.75 Å². The number of rotatable bonds is 3. The fourth-order valence-corrected chi connectivity index (χ4v) is 3.95. The third kappa shape index (κ3) is 3.56. The molecular weight excluding hydrogens is 358 g/mol. The molecule has 1 aromatic heterocycles. The number of carbonyl (C=O) groups excluding carboxylic acids is 2. The van der Waals surface area contributed by atoms with Crippen LogP contribution in [0.5, 0.6) is 5.75 Å². The third-order valence-corrected chi connectivity index (χ3v) is 5.35. The van der Waals surface area contributed by atoms with Crippen molar-refractivity contribution in [2.45, 2.75) is 38.6 Å². The van der Waals surface area contributed by atoms with E-state index in [0.29, 0.717) is 30.2 Å². The summed E-state index contributed by atoms with van der Waals surface area (Å²) in [5, 5.41) is 2.99. The molecule has 1 fully saturated rings. The fourth-order valence-electron chi connectivity index (χ4n) is 3.95. The summed E-state index contributed by atoms with van der Waals surface area (Å²) in [5.41, 5.74) is 1.33. The molecule has 0 aliphatic carbocycles. The summed E-state index contributed by atoms with van der Waals surface area (Å²) in [6.07, 6.45) is 5.68. The van der Waals surface area contributed by atoms with Gasteiger partial charge >= 0.3 is 6.03 Å². The van der Waals surface area contributed by atoms with Gasteiger partial charge in [-0.3, -0.25) is 4.79 Å². The molecule has 2 aromatic rings. The number of hydrogen-bond donors (Lipinski definition) is 1. The predicted octanol–water partition coefficient (Wildman–Crippen LogP) is 4.17. The number of benzene rings is 1. The van der Waals surface area contributed by atoms with Crippen molar-refractivity contribution in [2.24, 2.45) is 0 Å². The molecule has 3 amide bonds. The highest BCUT2D eigenvalue weighted by atomic mass is 16.5. The number of nitrogens with one attached hydrogen (secondary N) is 1. The van der Waals surface area contributed by atoms with Crippen LogP contribution >= 0.6 is 0 Å². The predicted molar refractivity (Wildman–Crippen MR) is 106 cm³/mol. The SMILES string of the molecule is CCN1C(=O)COc2ccc(NC(=O)N3CCCCC[C@@H]3c3ccco3)cc21. The normalized spacial score (nSPS) is 19.6. The Labute approximate surface area is 164 Å². The van der Waals surface area contributed by atoms with Crippen LogP contribution in [0, 0.1) is 0 Å². The lowest BCUT2D eigenvalue weighted by Gasteiger charge is -2.30. The average molecular weight is 383 g/mol. The zero-order valence-corrected chi connectivity index (χ0v) is 16.0. The maximum Gasteiger partial charge on any atom is 0.322 e. The minimum absolute atomic E-state index is 0.0468. The number of likely N-dealkylation sites (N-methyl/N-ethyl adjacent to an activating group) is 1. The van der Waals surface area contributed by atoms with Crippen molar-refractivity contribution < 1.29 is 18.7 Å². The molecule has 0 bridgehead atoms. The third-order valence-electron chi connectivity index (χ3n) is 5.35. The van der Waals surface area contributed by atoms with Crippen LogP contribution in [0.1, 0.15) is 44.4 Å². The largest absolute Gasteiger partial charge is 0.482 e. The molecule has 0 unspecified atom stereocenters. The van der Waals surface area contributed by atoms with Gasteiger partial charge < -0.3 is 24.3 Å². The van der Waals surface area contributed by atoms with Crippen LogP contribution in [0.4, 0.5) is 16.2 Å². The summed E-state index contributed by atoms with van der Waals surface area (Å²) in [6, 6.07) is 8.97. The maximum atomic E-state index is 13.1. The van der Waals surface area contributed by atoms with Gasteiger partial charge in [0.2, 0.25) is 0 Å². The average Bonchev–Trinajstić information content (AvgIpc) is 3.12. The van der Waals surface area contributed by atoms with Gasteiger partial charge in [0.15, 0.2) is 6.61 Å². The number of furan rings is 1. The zero-order valence-electron chi connectivity index (χ0n) is 16.0. The Morgan fingerprint density at radius 1 is 1.25 bits per heavy atom. The van der Waals surface area contributed by atoms with Crippen molar-refractivity contribution in [1.82, 2.24) is 4.90 Å². The van der Waals surface area contributed by atoms with E-state index in [1.165, 1.54) is 0 Å². The highest BCUT2D eigenvalue weighted by Crippen LogP contribution is 2.35. The van der Waals surface area contributed by atoms with Gasteiger partial charge in [-0.2, -0.15) is 0 Å². The van der Waals surface area contributed by atoms with Crippen LogP contribution in [0.2, 0.25) is 0 Å². The summed E-state index contributed by atoms with van der Waals surface area (Å²) in [5.74, 6) is 1.39. The lowest BCUT2D eigenvalue weighted by molar-refractivity contribution is -0.121. The first-order chi connectivity index (χ1) is 13.7. The van der Waals surface area contributed by atoms with Crippen molar-refractivity contribution in [3.63, 3.8) is 0 Å². The summed E-state index contributed by atoms with van der Waals surface area (Å²) >= 11 is 0. The van der Waals surface area contributed by atoms with Crippen LogP contribution in [0.15, 0.2) is 41.0 Å². The molecular formula is C21H25N3O4. The Hall–Kier alpha value is -2.96. The molecule has 7 nitrogen and oxygen atoms in total. The van der Waals surface area contributed by atoms with Crippen LogP contribution in [0.25, 0.3) is 0 Å². The van der Waals surface area contributed by atoms with E-state index in [4.69, 9.17) is 9.15 Å². The molecule has 4 rings (SSSR count). The van der Waals surface area contributed by atoms with Crippen LogP contribution in [-0.2, 0) is 4.79 Å². The minimum Gasteiger partial charge on any atom is -0.482 e. The lowest BCUT2D eigenvalue weighted by atomic mass is 10.1. The first kappa shape index (κ1) is 18.4. The van der Waals surface area contributed by atoms with E-state index in [2.05, 4.69) is 5.32 Å². The molecule has 0 saturated carbocycles. The molecule has 148 valence electrons. The number of amides is 3. The first-order valence-electron chi connectivity index (χ1n) is 9.85. The molecule has 28 heavy (non-hydrogen) atoms. The van der Waals surface area contributed by atoms with E-state index in [1.807, 2.05) is 24.0 Å². The number of urea groups is 1. The van der Waals surface area contributed by atoms with E-state index in [-0.39, 0.29) is 24.6 Å². The highest BCUT2D eigenvalue weighted by Gasteiger charge is 2.29. The Bertz CT molecular complexity index is 849. The van der Waals surface area contributed by atoms with Crippen LogP contribution in [0.3, 0.4) is 0 Å². The summed E-state index contributed by atoms with van der Waals surface area (Å²) in [6.45, 7) is 3.21. The second-order valence-electron chi connectivity index (χ2n) is 7.11. The van der Waals surface area contributed by atoms with Crippen molar-refractivity contribution >= 4 is 23.3 Å². The second-order valence-corrected chi connectivity index (χ2v) is 7.11. The molecule has 3 heterocycles. The van der Waals surface area contributed by atoms with Gasteiger partial charge in [-0.15, -0.1) is 0 Å². The molecule has 1 aromatic carbocycles. The maximum absolute atomic E-state index is 13.1. The van der Waals surface area contributed by atoms with Crippen molar-refractivity contribution in [1.29, 1.82) is 0 Å². The number of fused-ring (bicyclic) bond motifs is 1. The number of hydrogen-bond acceptors (Lipinski definition) is 4. The summed E-state index contributed by atoms with van der Waals surface area (Å²) < 4.78 is 11.1. The van der Waals surface area contributed by atoms with Gasteiger partial charge in [0.1, 0.15) is 11.5 Å². The zero-order chi connectivity index (χ0) is 19.5. The van der Waals surface area contributed by atoms with Crippen molar-refractivity contribution in [2.75, 3.05) is 29.9 Å². The van der Waals surface area contributed by atoms with Gasteiger partial charge in [0.25, 0.3) is 5.91 Å². The van der Waals surface area contributed by atoms with Gasteiger partial charge in [-0.25, -0.2) is 4.79 Å². The summed E-state index contributed by atoms with van der Waals surface area (Å²) in [4.78, 5) is 28.7. The molecule has 1 N–H and O–H groups in total. The number of anilines is 2. The van der Waals surface area contributed by atoms with E-state index in [1.54, 1.807) is 29.4 Å². The van der Waals surface area contributed by atoms with Crippen molar-refractivity contribution in [3.05, 3.63) is 42.4 Å². The quantitative estimate of drug-likeness (QED) is 0.863. The monoisotopic (exact) mass is 383 g/mol. The van der Waals surface area contributed by atoms with Gasteiger partial charge in [-0.05, 0) is 50.1 Å². The Morgan fingerprint density at radius 3 is 2.93 bits per heavy atom. The summed E-state index contributed by atoms with van der Waals surface area (Å²) in [7, 11) is 0. The second kappa shape index (κ2) is 7.96. The smallest absolute Gasteiger partial charge is 0.322 e. The van der Waals surface area contributed by atoms with E-state index in [0.717, 1.165) is 31.4 Å². The molecule has 2 aliphatic rings. The van der Waals surface area contributed by atoms with Gasteiger partial charge in [-0.1, -0.05) is 12.8 Å². The Morgan fingerprint density at radius 2 is 2.14 bits per heavy atom. The van der Waals surface area contributed by atoms with Crippen LogP contribution < -0.4 is 15.0 Å². The Balaban J connectivity index is 1.55. The van der Waals surface area contributed by atoms with Gasteiger partial charge in [0.05, 0.1) is 18.0 Å². The van der Waals surface area contributed by atoms with E-state index < -0.39 is 0 Å². The first-order valence-corrected chi connectivity index (χ1v) is 9.85. The van der Waals surface area contributed by atoms with Crippen LogP contribution in [-0.4, -0.2) is 36.5 Å². The molecule has 0 radical (unpaired) electrons. The highest BCUT2D eigenvalue weighted by molar-refractivity contribution is 5.99. The van der Waals surface area contributed by atoms with E-state index >= 15 is 0 Å². The molecule has 0 spiro atoms. The molecule has 1 saturated heterocycles. The lowest BCUT2D eigenvalue weighted by Crippen LogP contribution is -2.39. The minimum atomic E-state index is -0.158. The number of ether oxygens (including phenoxy) is 1. The van der Waals surface area contributed by atoms with Gasteiger partial charge in [0, 0.05) is 18.8 Å². The molecule has 2 aliphatic heterocycles. The number of likely N-dealkylation sites (tertiary alicyclic amines) is 1. The Kier molecular flexibility index (Phi) is 5.23. The fraction of sp³-hybridized carbons (Fsp3) is 0.429. The molecule has 7 heteroatoms. The standard InChI is InChI=1S/C21H25N3O4/c1-2-23-17-13-15(9-10-19(17)28-14-20(23)25)22-21(26)24-11-5-3-4-7-16(24)18-8-6-12-27-18/h6,8-10,12-13,16H,2-5,7,11,14H2,1H3,(H,22,26)/t16-/m1/s1. The van der Waals surface area contributed by atoms with E-state index in [9.17, 15) is 9.59 Å². The number of nitrogens with zero attached hydrogens (tertiary/aromatic N) is 2. The number of carbonyl (C=O) groups is 2.